The molecule has 0 aromatic carbocycles. The van der Waals surface area contributed by atoms with Crippen LogP contribution in [-0.2, 0) is 31.8 Å². The molecule has 0 spiro atoms. The van der Waals surface area contributed by atoms with E-state index in [4.69, 9.17) is 19.3 Å². The molecule has 2 unspecified atom stereocenters. The fraction of sp³-hybridized carbons (Fsp3) is 0.636. The van der Waals surface area contributed by atoms with Crippen LogP contribution in [0.1, 0.15) is 6.23 Å². The second-order valence-corrected chi connectivity index (χ2v) is 11.3. The normalized spacial score (nSPS) is 27.1. The fourth-order valence-corrected chi connectivity index (χ4v) is 5.87. The molecule has 18 nitrogen and oxygen atoms in total. The highest BCUT2D eigenvalue weighted by atomic mass is 32.2. The number of nitrogens with zero attached hydrogens (tertiary/aromatic N) is 1. The first-order valence-corrected chi connectivity index (χ1v) is 14.2. The van der Waals surface area contributed by atoms with E-state index in [-0.39, 0.29) is 5.94 Å². The van der Waals surface area contributed by atoms with Gasteiger partial charge in [-0.15, -0.1) is 11.8 Å². The van der Waals surface area contributed by atoms with Crippen LogP contribution < -0.4 is 15.8 Å². The Morgan fingerprint density at radius 2 is 1.79 bits per heavy atom. The van der Waals surface area contributed by atoms with Gasteiger partial charge < -0.3 is 38.9 Å². The van der Waals surface area contributed by atoms with Gasteiger partial charge in [0.1, 0.15) is 18.3 Å². The molecule has 1 saturated heterocycles. The lowest BCUT2D eigenvalue weighted by Gasteiger charge is -2.22. The highest BCUT2D eigenvalue weighted by molar-refractivity contribution is 7.98. The SMILES string of the molecule is CSCO[C@@H]1[C@H](O)[C@@H](CO)O[C@H]1n1cc(OP(=O)(O)OP(=O)(O)OP(=O)(O)O)c(=O)[nH]c1=O. The number of aliphatic hydroxyl groups excluding tert-OH is 2. The molecule has 2 heterocycles. The Balaban J connectivity index is 2.37. The topological polar surface area (TPSA) is 274 Å². The number of nitrogens with one attached hydrogen (secondary N) is 1. The molecular weight excluding hydrogens is 541 g/mol. The van der Waals surface area contributed by atoms with Crippen molar-refractivity contribution in [2.24, 2.45) is 0 Å². The molecule has 0 radical (unpaired) electrons. The molecule has 1 aliphatic rings. The van der Waals surface area contributed by atoms with Gasteiger partial charge in [-0.3, -0.25) is 19.2 Å². The predicted octanol–water partition coefficient (Wildman–Crippen LogP) is -1.80. The first-order valence-electron chi connectivity index (χ1n) is 8.33. The van der Waals surface area contributed by atoms with Gasteiger partial charge in [-0.25, -0.2) is 18.5 Å². The monoisotopic (exact) mass is 560 g/mol. The molecule has 0 aliphatic carbocycles. The summed E-state index contributed by atoms with van der Waals surface area (Å²) in [6.45, 7) is -0.677. The molecular formula is C11H19N2O16P3S. The summed E-state index contributed by atoms with van der Waals surface area (Å²) in [4.78, 5) is 61.8. The van der Waals surface area contributed by atoms with E-state index in [1.54, 1.807) is 11.2 Å². The van der Waals surface area contributed by atoms with E-state index in [1.807, 2.05) is 0 Å². The highest BCUT2D eigenvalue weighted by Gasteiger charge is 2.46. The second-order valence-electron chi connectivity index (χ2n) is 6.12. The number of rotatable bonds is 11. The smallest absolute Gasteiger partial charge is 0.396 e. The van der Waals surface area contributed by atoms with Crippen molar-refractivity contribution in [1.29, 1.82) is 0 Å². The zero-order chi connectivity index (χ0) is 25.2. The molecule has 6 atom stereocenters. The van der Waals surface area contributed by atoms with Gasteiger partial charge in [-0.2, -0.15) is 8.62 Å². The van der Waals surface area contributed by atoms with Crippen molar-refractivity contribution in [2.45, 2.75) is 24.5 Å². The molecule has 7 N–H and O–H groups in total. The Labute approximate surface area is 187 Å². The summed E-state index contributed by atoms with van der Waals surface area (Å²) in [5, 5.41) is 19.6. The van der Waals surface area contributed by atoms with Gasteiger partial charge in [0.2, 0.25) is 5.75 Å². The van der Waals surface area contributed by atoms with Crippen LogP contribution in [0.5, 0.6) is 5.75 Å². The Morgan fingerprint density at radius 3 is 2.33 bits per heavy atom. The van der Waals surface area contributed by atoms with Crippen LogP contribution in [0.15, 0.2) is 15.8 Å². The van der Waals surface area contributed by atoms with Crippen LogP contribution in [0.3, 0.4) is 0 Å². The minimum Gasteiger partial charge on any atom is -0.396 e. The molecule has 1 aliphatic heterocycles. The summed E-state index contributed by atoms with van der Waals surface area (Å²) >= 11 is 1.20. The number of phosphoric acid groups is 3. The first kappa shape index (κ1) is 28.4. The maximum absolute atomic E-state index is 12.3. The summed E-state index contributed by atoms with van der Waals surface area (Å²) in [5.74, 6) is -1.13. The van der Waals surface area contributed by atoms with Gasteiger partial charge in [0.25, 0.3) is 5.56 Å². The second kappa shape index (κ2) is 10.8. The molecule has 190 valence electrons. The van der Waals surface area contributed by atoms with E-state index in [9.17, 15) is 43.3 Å². The lowest BCUT2D eigenvalue weighted by molar-refractivity contribution is -0.0651. The summed E-state index contributed by atoms with van der Waals surface area (Å²) in [6, 6.07) is 0. The number of H-pyrrole nitrogens is 1. The van der Waals surface area contributed by atoms with Crippen LogP contribution in [0, 0.1) is 0 Å². The molecule has 1 fully saturated rings. The van der Waals surface area contributed by atoms with E-state index in [2.05, 4.69) is 13.1 Å². The van der Waals surface area contributed by atoms with E-state index >= 15 is 0 Å². The minimum atomic E-state index is -5.86. The van der Waals surface area contributed by atoms with Crippen molar-refractivity contribution < 1.29 is 66.1 Å². The third-order valence-corrected chi connectivity index (χ3v) is 7.84. The van der Waals surface area contributed by atoms with Crippen molar-refractivity contribution >= 4 is 35.2 Å². The number of thioether (sulfide) groups is 1. The number of hydrogen-bond donors (Lipinski definition) is 7. The summed E-state index contributed by atoms with van der Waals surface area (Å²) in [7, 11) is -17.3. The Hall–Kier alpha value is -0.880. The summed E-state index contributed by atoms with van der Waals surface area (Å²) in [5.41, 5.74) is -2.58. The molecule has 33 heavy (non-hydrogen) atoms. The number of aromatic amines is 1. The zero-order valence-electron chi connectivity index (χ0n) is 16.3. The Kier molecular flexibility index (Phi) is 9.28. The predicted molar refractivity (Wildman–Crippen MR) is 106 cm³/mol. The molecule has 0 saturated carbocycles. The third kappa shape index (κ3) is 7.81. The standard InChI is InChI=1S/C11H19N2O16P3S/c1-33-4-25-8-7(15)6(3-14)26-10(8)13-2-5(9(16)12-11(13)17)27-31(21,22)29-32(23,24)28-30(18,19)20/h2,6-8,10,14-15H,3-4H2,1H3,(H,21,22)(H,23,24)(H,12,16,17)(H2,18,19,20)/t6-,7-,8-,10-/m1/s1. The number of aliphatic hydroxyl groups is 2. The van der Waals surface area contributed by atoms with Crippen molar-refractivity contribution in [3.63, 3.8) is 0 Å². The van der Waals surface area contributed by atoms with Gasteiger partial charge in [-0.05, 0) is 6.26 Å². The molecule has 22 heteroatoms. The van der Waals surface area contributed by atoms with Crippen molar-refractivity contribution in [1.82, 2.24) is 9.55 Å². The average Bonchev–Trinajstić information content (AvgIpc) is 2.94. The van der Waals surface area contributed by atoms with E-state index in [0.717, 1.165) is 0 Å². The Bertz CT molecular complexity index is 1100. The number of ether oxygens (including phenoxy) is 2. The highest BCUT2D eigenvalue weighted by Crippen LogP contribution is 2.65. The van der Waals surface area contributed by atoms with Crippen LogP contribution in [0.2, 0.25) is 0 Å². The minimum absolute atomic E-state index is 0.0201. The van der Waals surface area contributed by atoms with Gasteiger partial charge in [0.05, 0.1) is 18.7 Å². The molecule has 1 aromatic heterocycles. The fourth-order valence-electron chi connectivity index (χ4n) is 2.56. The molecule has 1 aromatic rings. The molecule has 2 rings (SSSR count). The van der Waals surface area contributed by atoms with E-state index in [0.29, 0.717) is 10.8 Å². The van der Waals surface area contributed by atoms with Crippen LogP contribution >= 0.6 is 35.2 Å². The van der Waals surface area contributed by atoms with Crippen LogP contribution in [0.4, 0.5) is 0 Å². The van der Waals surface area contributed by atoms with Crippen molar-refractivity contribution in [3.05, 3.63) is 27.0 Å². The first-order chi connectivity index (χ1) is 15.1. The molecule has 0 amide bonds. The molecule has 0 bridgehead atoms. The summed E-state index contributed by atoms with van der Waals surface area (Å²) < 4.78 is 56.8. The quantitative estimate of drug-likeness (QED) is 0.116. The lowest BCUT2D eigenvalue weighted by Crippen LogP contribution is -2.39. The van der Waals surface area contributed by atoms with Crippen molar-refractivity contribution in [2.75, 3.05) is 18.8 Å². The van der Waals surface area contributed by atoms with Gasteiger partial charge in [0.15, 0.2) is 6.23 Å². The largest absolute Gasteiger partial charge is 0.536 e. The third-order valence-electron chi connectivity index (χ3n) is 3.71. The van der Waals surface area contributed by atoms with Gasteiger partial charge in [-0.1, -0.05) is 0 Å². The van der Waals surface area contributed by atoms with E-state index < -0.39 is 71.6 Å². The van der Waals surface area contributed by atoms with Crippen LogP contribution in [-0.4, -0.2) is 76.5 Å². The number of hydrogen-bond acceptors (Lipinski definition) is 13. The van der Waals surface area contributed by atoms with Crippen LogP contribution in [0.25, 0.3) is 0 Å². The van der Waals surface area contributed by atoms with Gasteiger partial charge >= 0.3 is 29.2 Å². The van der Waals surface area contributed by atoms with Gasteiger partial charge in [0, 0.05) is 0 Å². The van der Waals surface area contributed by atoms with E-state index in [1.165, 1.54) is 11.8 Å². The maximum Gasteiger partial charge on any atom is 0.536 e. The van der Waals surface area contributed by atoms with Crippen molar-refractivity contribution in [3.8, 4) is 5.75 Å². The zero-order valence-corrected chi connectivity index (χ0v) is 19.8. The Morgan fingerprint density at radius 1 is 1.15 bits per heavy atom. The lowest BCUT2D eigenvalue weighted by atomic mass is 10.1. The maximum atomic E-state index is 12.3. The number of aromatic nitrogens is 2. The summed E-state index contributed by atoms with van der Waals surface area (Å²) in [6.07, 6.45) is -3.18. The number of phosphoric ester groups is 1. The average molecular weight is 560 g/mol.